The lowest BCUT2D eigenvalue weighted by Gasteiger charge is -2.09. The van der Waals surface area contributed by atoms with Crippen LogP contribution in [0.15, 0.2) is 77.9 Å². The van der Waals surface area contributed by atoms with Crippen molar-refractivity contribution in [2.75, 3.05) is 17.2 Å². The van der Waals surface area contributed by atoms with Crippen LogP contribution < -0.4 is 20.8 Å². The lowest BCUT2D eigenvalue weighted by atomic mass is 10.2. The van der Waals surface area contributed by atoms with Crippen molar-refractivity contribution in [3.05, 3.63) is 89.5 Å². The Morgan fingerprint density at radius 2 is 1.61 bits per heavy atom. The molecule has 0 fully saturated rings. The van der Waals surface area contributed by atoms with Crippen LogP contribution in [0.4, 0.5) is 24.5 Å². The Morgan fingerprint density at radius 3 is 2.33 bits per heavy atom. The highest BCUT2D eigenvalue weighted by molar-refractivity contribution is 6.39. The van der Waals surface area contributed by atoms with Crippen LogP contribution in [0.5, 0.6) is 5.75 Å². The predicted molar refractivity (Wildman–Crippen MR) is 128 cm³/mol. The first kappa shape index (κ1) is 25.9. The highest BCUT2D eigenvalue weighted by atomic mass is 19.4. The van der Waals surface area contributed by atoms with Crippen molar-refractivity contribution < 1.29 is 32.3 Å². The van der Waals surface area contributed by atoms with E-state index in [1.54, 1.807) is 36.4 Å². The van der Waals surface area contributed by atoms with Crippen LogP contribution in [0, 0.1) is 6.92 Å². The van der Waals surface area contributed by atoms with E-state index in [0.29, 0.717) is 23.1 Å². The summed E-state index contributed by atoms with van der Waals surface area (Å²) >= 11 is 0. The average molecular weight is 498 g/mol. The Hall–Kier alpha value is -4.67. The first-order valence-electron chi connectivity index (χ1n) is 10.5. The van der Waals surface area contributed by atoms with Crippen LogP contribution in [0.3, 0.4) is 0 Å². The van der Waals surface area contributed by atoms with Gasteiger partial charge in [-0.05, 0) is 55.0 Å². The number of halogens is 3. The number of alkyl halides is 3. The maximum atomic E-state index is 12.8. The Labute approximate surface area is 204 Å². The van der Waals surface area contributed by atoms with Gasteiger partial charge in [-0.15, -0.1) is 0 Å². The molecule has 0 aliphatic carbocycles. The third-order valence-electron chi connectivity index (χ3n) is 4.60. The van der Waals surface area contributed by atoms with Crippen molar-refractivity contribution >= 4 is 35.3 Å². The van der Waals surface area contributed by atoms with E-state index >= 15 is 0 Å². The fraction of sp³-hybridized carbons (Fsp3) is 0.120. The first-order valence-corrected chi connectivity index (χ1v) is 10.5. The second-order valence-electron chi connectivity index (χ2n) is 7.51. The molecule has 0 radical (unpaired) electrons. The smallest absolute Gasteiger partial charge is 0.416 e. The van der Waals surface area contributed by atoms with Crippen LogP contribution in [-0.4, -0.2) is 30.5 Å². The molecular weight excluding hydrogens is 477 g/mol. The van der Waals surface area contributed by atoms with Crippen molar-refractivity contribution in [1.82, 2.24) is 5.43 Å². The van der Waals surface area contributed by atoms with E-state index in [1.165, 1.54) is 12.3 Å². The van der Waals surface area contributed by atoms with Gasteiger partial charge in [0.25, 0.3) is 5.91 Å². The minimum absolute atomic E-state index is 0.190. The average Bonchev–Trinajstić information content (AvgIpc) is 2.84. The van der Waals surface area contributed by atoms with E-state index in [2.05, 4.69) is 15.7 Å². The zero-order valence-corrected chi connectivity index (χ0v) is 18.9. The third kappa shape index (κ3) is 7.97. The van der Waals surface area contributed by atoms with Crippen molar-refractivity contribution in [3.63, 3.8) is 0 Å². The van der Waals surface area contributed by atoms with E-state index in [1.807, 2.05) is 24.5 Å². The number of carbonyl (C=O) groups is 3. The van der Waals surface area contributed by atoms with E-state index in [9.17, 15) is 27.6 Å². The van der Waals surface area contributed by atoms with Crippen LogP contribution in [0.25, 0.3) is 0 Å². The summed E-state index contributed by atoms with van der Waals surface area (Å²) in [6, 6.07) is 17.6. The fourth-order valence-electron chi connectivity index (χ4n) is 2.84. The van der Waals surface area contributed by atoms with Crippen molar-refractivity contribution in [2.24, 2.45) is 5.10 Å². The van der Waals surface area contributed by atoms with E-state index in [0.717, 1.165) is 17.7 Å². The summed E-state index contributed by atoms with van der Waals surface area (Å²) < 4.78 is 43.8. The Morgan fingerprint density at radius 1 is 0.889 bits per heavy atom. The Balaban J connectivity index is 1.49. The molecule has 0 spiro atoms. The number of anilines is 2. The van der Waals surface area contributed by atoms with Gasteiger partial charge in [-0.1, -0.05) is 35.9 Å². The normalized spacial score (nSPS) is 11.1. The van der Waals surface area contributed by atoms with Gasteiger partial charge in [0, 0.05) is 11.4 Å². The highest BCUT2D eigenvalue weighted by Gasteiger charge is 2.30. The van der Waals surface area contributed by atoms with E-state index in [4.69, 9.17) is 4.74 Å². The molecule has 0 aromatic heterocycles. The van der Waals surface area contributed by atoms with E-state index < -0.39 is 23.6 Å². The summed E-state index contributed by atoms with van der Waals surface area (Å²) in [6.07, 6.45) is -3.36. The molecule has 0 unspecified atom stereocenters. The minimum Gasteiger partial charge on any atom is -0.484 e. The van der Waals surface area contributed by atoms with Gasteiger partial charge in [0.2, 0.25) is 0 Å². The molecular formula is C25H21F3N4O4. The number of nitrogens with zero attached hydrogens (tertiary/aromatic N) is 1. The van der Waals surface area contributed by atoms with Gasteiger partial charge >= 0.3 is 18.0 Å². The summed E-state index contributed by atoms with van der Waals surface area (Å²) in [6.45, 7) is 1.70. The second-order valence-corrected chi connectivity index (χ2v) is 7.51. The molecule has 11 heteroatoms. The molecule has 3 aromatic carbocycles. The second kappa shape index (κ2) is 11.6. The lowest BCUT2D eigenvalue weighted by Crippen LogP contribution is -2.32. The van der Waals surface area contributed by atoms with Crippen LogP contribution in [-0.2, 0) is 20.6 Å². The first-order chi connectivity index (χ1) is 17.1. The lowest BCUT2D eigenvalue weighted by molar-refractivity contribution is -0.137. The van der Waals surface area contributed by atoms with Crippen LogP contribution >= 0.6 is 0 Å². The van der Waals surface area contributed by atoms with Gasteiger partial charge in [0.1, 0.15) is 5.75 Å². The van der Waals surface area contributed by atoms with Crippen molar-refractivity contribution in [1.29, 1.82) is 0 Å². The fourth-order valence-corrected chi connectivity index (χ4v) is 2.84. The molecule has 186 valence electrons. The molecule has 3 rings (SSSR count). The quantitative estimate of drug-likeness (QED) is 0.259. The minimum atomic E-state index is -4.59. The summed E-state index contributed by atoms with van der Waals surface area (Å²) in [5, 5.41) is 8.44. The van der Waals surface area contributed by atoms with Gasteiger partial charge in [0.15, 0.2) is 6.61 Å². The summed E-state index contributed by atoms with van der Waals surface area (Å²) in [7, 11) is 0. The maximum Gasteiger partial charge on any atom is 0.416 e. The number of aryl methyl sites for hydroxylation is 1. The monoisotopic (exact) mass is 498 g/mol. The van der Waals surface area contributed by atoms with Gasteiger partial charge in [-0.2, -0.15) is 18.3 Å². The standard InChI is InChI=1S/C25H21F3N4O4/c1-16-8-10-19(11-9-16)30-22(33)15-36-21-7-2-4-17(12-21)14-29-32-24(35)23(34)31-20-6-3-5-18(13-20)25(26,27)28/h2-14H,15H2,1H3,(H,30,33)(H,31,34)(H,32,35)/b29-14-. The van der Waals surface area contributed by atoms with Crippen molar-refractivity contribution in [3.8, 4) is 5.75 Å². The zero-order chi connectivity index (χ0) is 26.1. The molecule has 0 bridgehead atoms. The van der Waals surface area contributed by atoms with Gasteiger partial charge < -0.3 is 15.4 Å². The van der Waals surface area contributed by atoms with Crippen LogP contribution in [0.2, 0.25) is 0 Å². The van der Waals surface area contributed by atoms with Gasteiger partial charge in [0.05, 0.1) is 11.8 Å². The topological polar surface area (TPSA) is 109 Å². The molecule has 0 aliphatic heterocycles. The highest BCUT2D eigenvalue weighted by Crippen LogP contribution is 2.30. The molecule has 8 nitrogen and oxygen atoms in total. The predicted octanol–water partition coefficient (Wildman–Crippen LogP) is 4.12. The number of benzene rings is 3. The number of nitrogens with one attached hydrogen (secondary N) is 3. The number of hydrazone groups is 1. The van der Waals surface area contributed by atoms with E-state index in [-0.39, 0.29) is 18.2 Å². The molecule has 0 aliphatic rings. The number of hydrogen-bond donors (Lipinski definition) is 3. The molecule has 0 saturated heterocycles. The third-order valence-corrected chi connectivity index (χ3v) is 4.60. The SMILES string of the molecule is Cc1ccc(NC(=O)COc2cccc(/C=N\NC(=O)C(=O)Nc3cccc(C(F)(F)F)c3)c2)cc1. The number of ether oxygens (including phenoxy) is 1. The number of hydrogen-bond acceptors (Lipinski definition) is 5. The molecule has 3 aromatic rings. The number of amides is 3. The molecule has 0 saturated carbocycles. The number of rotatable bonds is 7. The zero-order valence-electron chi connectivity index (χ0n) is 18.9. The summed E-state index contributed by atoms with van der Waals surface area (Å²) in [4.78, 5) is 35.9. The van der Waals surface area contributed by atoms with Gasteiger partial charge in [-0.25, -0.2) is 5.43 Å². The van der Waals surface area contributed by atoms with Gasteiger partial charge in [-0.3, -0.25) is 14.4 Å². The Kier molecular flexibility index (Phi) is 8.39. The molecule has 0 heterocycles. The van der Waals surface area contributed by atoms with Crippen molar-refractivity contribution in [2.45, 2.75) is 13.1 Å². The molecule has 0 atom stereocenters. The molecule has 3 amide bonds. The Bertz CT molecular complexity index is 1270. The number of carbonyl (C=O) groups excluding carboxylic acids is 3. The molecule has 3 N–H and O–H groups in total. The van der Waals surface area contributed by atoms with Crippen LogP contribution in [0.1, 0.15) is 16.7 Å². The summed E-state index contributed by atoms with van der Waals surface area (Å²) in [5.41, 5.74) is 3.03. The summed E-state index contributed by atoms with van der Waals surface area (Å²) in [5.74, 6) is -2.35. The maximum absolute atomic E-state index is 12.8. The largest absolute Gasteiger partial charge is 0.484 e. The molecule has 36 heavy (non-hydrogen) atoms.